The molecular formula is C19H36N2O3. The molecule has 0 spiro atoms. The predicted octanol–water partition coefficient (Wildman–Crippen LogP) is 3.29. The molecule has 140 valence electrons. The molecule has 1 atom stereocenters. The molecule has 24 heavy (non-hydrogen) atoms. The zero-order valence-electron chi connectivity index (χ0n) is 16.5. The molecule has 0 radical (unpaired) electrons. The van der Waals surface area contributed by atoms with Gasteiger partial charge in [-0.15, -0.1) is 0 Å². The summed E-state index contributed by atoms with van der Waals surface area (Å²) in [6.07, 6.45) is 2.76. The number of carbonyl (C=O) groups excluding carboxylic acids is 1. The molecule has 2 aliphatic rings. The number of hydrogen-bond donors (Lipinski definition) is 2. The second-order valence-corrected chi connectivity index (χ2v) is 10.7. The van der Waals surface area contributed by atoms with E-state index in [1.807, 2.05) is 20.8 Å². The van der Waals surface area contributed by atoms with Gasteiger partial charge < -0.3 is 20.5 Å². The van der Waals surface area contributed by atoms with Crippen molar-refractivity contribution in [3.63, 3.8) is 0 Å². The summed E-state index contributed by atoms with van der Waals surface area (Å²) in [6, 6.07) is 0. The highest BCUT2D eigenvalue weighted by Crippen LogP contribution is 2.53. The number of likely N-dealkylation sites (tertiary alicyclic amines) is 1. The molecule has 5 heteroatoms. The van der Waals surface area contributed by atoms with Gasteiger partial charge in [0.15, 0.2) is 0 Å². The maximum atomic E-state index is 12.3. The number of nitrogens with zero attached hydrogens (tertiary/aromatic N) is 1. The third-order valence-corrected chi connectivity index (χ3v) is 5.37. The monoisotopic (exact) mass is 340 g/mol. The number of β-amino-alcohol motifs (C(OH)–C–C–N with tert-alkyl or cyclic N) is 1. The normalized spacial score (nSPS) is 31.8. The molecule has 0 aromatic heterocycles. The number of aliphatic hydroxyl groups is 1. The third-order valence-electron chi connectivity index (χ3n) is 5.37. The van der Waals surface area contributed by atoms with Crippen LogP contribution in [0.15, 0.2) is 0 Å². The summed E-state index contributed by atoms with van der Waals surface area (Å²) in [5.41, 5.74) is 4.68. The third kappa shape index (κ3) is 4.05. The van der Waals surface area contributed by atoms with E-state index in [9.17, 15) is 9.90 Å². The van der Waals surface area contributed by atoms with Crippen molar-refractivity contribution in [3.05, 3.63) is 0 Å². The average molecular weight is 341 g/mol. The van der Waals surface area contributed by atoms with Crippen LogP contribution in [-0.2, 0) is 4.74 Å². The Hall–Kier alpha value is -0.810. The van der Waals surface area contributed by atoms with Gasteiger partial charge in [0, 0.05) is 12.1 Å². The van der Waals surface area contributed by atoms with E-state index in [-0.39, 0.29) is 23.5 Å². The molecule has 1 saturated heterocycles. The second kappa shape index (κ2) is 5.60. The van der Waals surface area contributed by atoms with E-state index in [1.165, 1.54) is 0 Å². The smallest absolute Gasteiger partial charge is 0.410 e. The van der Waals surface area contributed by atoms with Crippen LogP contribution >= 0.6 is 0 Å². The summed E-state index contributed by atoms with van der Waals surface area (Å²) in [5, 5.41) is 11.4. The van der Waals surface area contributed by atoms with Crippen molar-refractivity contribution in [1.82, 2.24) is 4.90 Å². The molecule has 0 bridgehead atoms. The SMILES string of the molecule is CC1(C)CC(C)(C)CC(N)(C2(O)CCN(C(=O)OC(C)(C)C)C2)C1. The van der Waals surface area contributed by atoms with Crippen LogP contribution in [0.3, 0.4) is 0 Å². The van der Waals surface area contributed by atoms with Gasteiger partial charge >= 0.3 is 6.09 Å². The Morgan fingerprint density at radius 1 is 1.08 bits per heavy atom. The zero-order chi connectivity index (χ0) is 18.6. The van der Waals surface area contributed by atoms with Crippen molar-refractivity contribution in [2.75, 3.05) is 13.1 Å². The van der Waals surface area contributed by atoms with Crippen molar-refractivity contribution < 1.29 is 14.6 Å². The minimum Gasteiger partial charge on any atom is -0.444 e. The number of nitrogens with two attached hydrogens (primary N) is 1. The van der Waals surface area contributed by atoms with Gasteiger partial charge in [0.05, 0.1) is 6.54 Å². The number of amides is 1. The van der Waals surface area contributed by atoms with Gasteiger partial charge in [0.25, 0.3) is 0 Å². The molecule has 1 heterocycles. The van der Waals surface area contributed by atoms with E-state index in [4.69, 9.17) is 10.5 Å². The first kappa shape index (κ1) is 19.5. The molecule has 3 N–H and O–H groups in total. The summed E-state index contributed by atoms with van der Waals surface area (Å²) < 4.78 is 5.45. The molecule has 0 aromatic carbocycles. The molecule has 2 rings (SSSR count). The second-order valence-electron chi connectivity index (χ2n) is 10.7. The molecule has 0 aromatic rings. The number of carbonyl (C=O) groups is 1. The summed E-state index contributed by atoms with van der Waals surface area (Å²) in [7, 11) is 0. The van der Waals surface area contributed by atoms with E-state index in [0.29, 0.717) is 13.0 Å². The quantitative estimate of drug-likeness (QED) is 0.768. The van der Waals surface area contributed by atoms with Crippen LogP contribution in [0.1, 0.15) is 74.1 Å². The topological polar surface area (TPSA) is 75.8 Å². The van der Waals surface area contributed by atoms with E-state index in [2.05, 4.69) is 27.7 Å². The zero-order valence-corrected chi connectivity index (χ0v) is 16.5. The van der Waals surface area contributed by atoms with Crippen molar-refractivity contribution in [3.8, 4) is 0 Å². The van der Waals surface area contributed by atoms with Crippen molar-refractivity contribution in [2.24, 2.45) is 16.6 Å². The van der Waals surface area contributed by atoms with E-state index < -0.39 is 16.7 Å². The average Bonchev–Trinajstić information content (AvgIpc) is 2.66. The van der Waals surface area contributed by atoms with Gasteiger partial charge in [0.1, 0.15) is 11.2 Å². The Morgan fingerprint density at radius 2 is 1.58 bits per heavy atom. The molecule has 5 nitrogen and oxygen atoms in total. The first-order chi connectivity index (χ1) is 10.6. The molecule has 1 aliphatic heterocycles. The molecule has 1 unspecified atom stereocenters. The minimum atomic E-state index is -1.06. The Kier molecular flexibility index (Phi) is 4.55. The van der Waals surface area contributed by atoms with Gasteiger partial charge in [-0.3, -0.25) is 0 Å². The van der Waals surface area contributed by atoms with Crippen LogP contribution in [0.2, 0.25) is 0 Å². The molecule has 1 amide bonds. The molecular weight excluding hydrogens is 304 g/mol. The van der Waals surface area contributed by atoms with Gasteiger partial charge in [-0.25, -0.2) is 4.79 Å². The summed E-state index contributed by atoms with van der Waals surface area (Å²) in [4.78, 5) is 13.9. The maximum Gasteiger partial charge on any atom is 0.410 e. The molecule has 1 saturated carbocycles. The number of ether oxygens (including phenoxy) is 1. The van der Waals surface area contributed by atoms with Crippen molar-refractivity contribution in [2.45, 2.75) is 90.9 Å². The van der Waals surface area contributed by atoms with Gasteiger partial charge in [0.2, 0.25) is 0 Å². The fourth-order valence-corrected chi connectivity index (χ4v) is 5.20. The van der Waals surface area contributed by atoms with Crippen LogP contribution in [0.5, 0.6) is 0 Å². The lowest BCUT2D eigenvalue weighted by Gasteiger charge is -2.55. The van der Waals surface area contributed by atoms with Crippen molar-refractivity contribution >= 4 is 6.09 Å². The lowest BCUT2D eigenvalue weighted by Crippen LogP contribution is -2.67. The summed E-state index contributed by atoms with van der Waals surface area (Å²) >= 11 is 0. The lowest BCUT2D eigenvalue weighted by atomic mass is 9.54. The van der Waals surface area contributed by atoms with Crippen molar-refractivity contribution in [1.29, 1.82) is 0 Å². The first-order valence-electron chi connectivity index (χ1n) is 9.06. The Morgan fingerprint density at radius 3 is 2.04 bits per heavy atom. The predicted molar refractivity (Wildman–Crippen MR) is 95.7 cm³/mol. The standard InChI is InChI=1S/C19H36N2O3/c1-15(2,3)24-14(22)21-9-8-19(23,13-21)18(20)11-16(4,5)10-17(6,7)12-18/h23H,8-13,20H2,1-7H3. The highest BCUT2D eigenvalue weighted by molar-refractivity contribution is 5.68. The number of rotatable bonds is 1. The molecule has 1 aliphatic carbocycles. The van der Waals surface area contributed by atoms with E-state index >= 15 is 0 Å². The molecule has 2 fully saturated rings. The minimum absolute atomic E-state index is 0.0750. The fraction of sp³-hybridized carbons (Fsp3) is 0.947. The Bertz CT molecular complexity index is 491. The fourth-order valence-electron chi connectivity index (χ4n) is 5.20. The van der Waals surface area contributed by atoms with E-state index in [1.54, 1.807) is 4.90 Å². The van der Waals surface area contributed by atoms with Crippen LogP contribution in [-0.4, -0.2) is 45.9 Å². The van der Waals surface area contributed by atoms with Gasteiger partial charge in [-0.1, -0.05) is 27.7 Å². The summed E-state index contributed by atoms with van der Waals surface area (Å²) in [6.45, 7) is 15.2. The maximum absolute atomic E-state index is 12.3. The van der Waals surface area contributed by atoms with Crippen LogP contribution < -0.4 is 5.73 Å². The highest BCUT2D eigenvalue weighted by Gasteiger charge is 2.58. The first-order valence-corrected chi connectivity index (χ1v) is 9.06. The Balaban J connectivity index is 2.18. The largest absolute Gasteiger partial charge is 0.444 e. The Labute approximate surface area is 146 Å². The van der Waals surface area contributed by atoms with E-state index in [0.717, 1.165) is 19.3 Å². The van der Waals surface area contributed by atoms with Gasteiger partial charge in [-0.2, -0.15) is 0 Å². The van der Waals surface area contributed by atoms with Crippen LogP contribution in [0, 0.1) is 10.8 Å². The van der Waals surface area contributed by atoms with Gasteiger partial charge in [-0.05, 0) is 57.3 Å². The van der Waals surface area contributed by atoms with Crippen LogP contribution in [0.25, 0.3) is 0 Å². The van der Waals surface area contributed by atoms with Crippen LogP contribution in [0.4, 0.5) is 4.79 Å². The highest BCUT2D eigenvalue weighted by atomic mass is 16.6. The number of hydrogen-bond acceptors (Lipinski definition) is 4. The summed E-state index contributed by atoms with van der Waals surface area (Å²) in [5.74, 6) is 0. The lowest BCUT2D eigenvalue weighted by molar-refractivity contribution is -0.0910.